The summed E-state index contributed by atoms with van der Waals surface area (Å²) in [7, 11) is -4.56. The maximum atomic E-state index is 13.2. The van der Waals surface area contributed by atoms with E-state index in [1.165, 1.54) is 30.5 Å². The van der Waals surface area contributed by atoms with Crippen molar-refractivity contribution in [1.82, 2.24) is 4.98 Å². The lowest BCUT2D eigenvalue weighted by molar-refractivity contribution is -0.137. The Morgan fingerprint density at radius 2 is 1.88 bits per heavy atom. The van der Waals surface area contributed by atoms with Gasteiger partial charge in [0.15, 0.2) is 0 Å². The summed E-state index contributed by atoms with van der Waals surface area (Å²) in [5.74, 6) is -0.725. The monoisotopic (exact) mass is 605 g/mol. The molecule has 0 aliphatic rings. The zero-order valence-electron chi connectivity index (χ0n) is 16.3. The van der Waals surface area contributed by atoms with Gasteiger partial charge in [-0.25, -0.2) is 8.42 Å². The van der Waals surface area contributed by atoms with Gasteiger partial charge in [-0.05, 0) is 42.0 Å². The van der Waals surface area contributed by atoms with E-state index in [1.807, 2.05) is 28.7 Å². The summed E-state index contributed by atoms with van der Waals surface area (Å²) in [4.78, 5) is 16.4. The zero-order chi connectivity index (χ0) is 24.4. The Hall–Kier alpha value is -2.69. The van der Waals surface area contributed by atoms with Crippen LogP contribution in [0.5, 0.6) is 0 Å². The molecule has 0 saturated carbocycles. The standard InChI is InChI=1S/C21H12ClF3IN3O3S/c22-17-6-5-14(8-16(17)21(23,24)25)33(31,32)29-18-7-12(9-26)11-28-19(18)20(30)15-4-2-1-3-13(15)10-27/h1-8,11,29H,9H2. The molecule has 0 fully saturated rings. The van der Waals surface area contributed by atoms with E-state index in [4.69, 9.17) is 11.6 Å². The minimum atomic E-state index is -4.87. The van der Waals surface area contributed by atoms with Gasteiger partial charge in [-0.3, -0.25) is 14.5 Å². The first-order chi connectivity index (χ1) is 15.5. The smallest absolute Gasteiger partial charge is 0.287 e. The lowest BCUT2D eigenvalue weighted by Crippen LogP contribution is -2.18. The number of carbonyl (C=O) groups excluding carboxylic acids is 1. The molecular formula is C21H12ClF3IN3O3S. The molecule has 1 N–H and O–H groups in total. The zero-order valence-corrected chi connectivity index (χ0v) is 20.1. The van der Waals surface area contributed by atoms with E-state index in [9.17, 15) is 31.6 Å². The van der Waals surface area contributed by atoms with Crippen molar-refractivity contribution in [2.75, 3.05) is 4.72 Å². The van der Waals surface area contributed by atoms with Crippen molar-refractivity contribution in [3.05, 3.63) is 87.7 Å². The maximum Gasteiger partial charge on any atom is 0.417 e. The Balaban J connectivity index is 2.10. The van der Waals surface area contributed by atoms with Crippen molar-refractivity contribution in [2.24, 2.45) is 0 Å². The van der Waals surface area contributed by atoms with E-state index in [0.717, 1.165) is 12.1 Å². The van der Waals surface area contributed by atoms with Gasteiger partial charge in [-0.1, -0.05) is 46.3 Å². The number of sulfonamides is 1. The number of ketones is 1. The van der Waals surface area contributed by atoms with Gasteiger partial charge >= 0.3 is 6.18 Å². The molecule has 3 aromatic rings. The number of rotatable bonds is 6. The molecule has 2 aromatic carbocycles. The molecule has 0 unspecified atom stereocenters. The van der Waals surface area contributed by atoms with E-state index >= 15 is 0 Å². The van der Waals surface area contributed by atoms with Gasteiger partial charge in [-0.2, -0.15) is 18.4 Å². The third-order valence-corrected chi connectivity index (χ3v) is 6.98. The summed E-state index contributed by atoms with van der Waals surface area (Å²) in [5, 5.41) is 8.62. The number of nitrogens with one attached hydrogen (secondary N) is 1. The van der Waals surface area contributed by atoms with Crippen LogP contribution in [-0.4, -0.2) is 19.2 Å². The summed E-state index contributed by atoms with van der Waals surface area (Å²) < 4.78 is 68.0. The summed E-state index contributed by atoms with van der Waals surface area (Å²) >= 11 is 7.58. The average molecular weight is 606 g/mol. The van der Waals surface area contributed by atoms with E-state index in [1.54, 1.807) is 6.07 Å². The summed E-state index contributed by atoms with van der Waals surface area (Å²) in [6.45, 7) is 0. The van der Waals surface area contributed by atoms with Gasteiger partial charge < -0.3 is 0 Å². The highest BCUT2D eigenvalue weighted by atomic mass is 127. The van der Waals surface area contributed by atoms with Crippen LogP contribution in [0.15, 0.2) is 59.6 Å². The maximum absolute atomic E-state index is 13.2. The Bertz CT molecular complexity index is 1390. The van der Waals surface area contributed by atoms with Crippen LogP contribution in [0.4, 0.5) is 18.9 Å². The highest BCUT2D eigenvalue weighted by Gasteiger charge is 2.35. The molecule has 33 heavy (non-hydrogen) atoms. The minimum absolute atomic E-state index is 0.000946. The molecule has 0 aliphatic carbocycles. The second-order valence-electron chi connectivity index (χ2n) is 6.60. The molecule has 1 aromatic heterocycles. The van der Waals surface area contributed by atoms with Crippen molar-refractivity contribution in [2.45, 2.75) is 15.5 Å². The molecule has 6 nitrogen and oxygen atoms in total. The topological polar surface area (TPSA) is 99.9 Å². The largest absolute Gasteiger partial charge is 0.417 e. The predicted octanol–water partition coefficient (Wildman–Crippen LogP) is 5.59. The first-order valence-electron chi connectivity index (χ1n) is 8.96. The number of hydrogen-bond acceptors (Lipinski definition) is 5. The van der Waals surface area contributed by atoms with Crippen LogP contribution in [0.2, 0.25) is 5.02 Å². The summed E-state index contributed by atoms with van der Waals surface area (Å²) in [6.07, 6.45) is -3.50. The number of halogens is 5. The van der Waals surface area contributed by atoms with Crippen LogP contribution < -0.4 is 4.72 Å². The van der Waals surface area contributed by atoms with Gasteiger partial charge in [0.25, 0.3) is 10.0 Å². The van der Waals surface area contributed by atoms with Gasteiger partial charge in [0.2, 0.25) is 5.78 Å². The van der Waals surface area contributed by atoms with E-state index < -0.39 is 37.5 Å². The van der Waals surface area contributed by atoms with Crippen LogP contribution in [-0.2, 0) is 20.6 Å². The van der Waals surface area contributed by atoms with Crippen LogP contribution in [0.3, 0.4) is 0 Å². The number of carbonyl (C=O) groups is 1. The van der Waals surface area contributed by atoms with Crippen LogP contribution in [0, 0.1) is 11.3 Å². The van der Waals surface area contributed by atoms with Crippen LogP contribution >= 0.6 is 34.2 Å². The Morgan fingerprint density at radius 1 is 1.18 bits per heavy atom. The Morgan fingerprint density at radius 3 is 2.52 bits per heavy atom. The van der Waals surface area contributed by atoms with Gasteiger partial charge in [0, 0.05) is 16.2 Å². The first kappa shape index (κ1) is 24.9. The summed E-state index contributed by atoms with van der Waals surface area (Å²) in [5.41, 5.74) is -1.23. The molecule has 12 heteroatoms. The van der Waals surface area contributed by atoms with Crippen molar-refractivity contribution >= 4 is 55.7 Å². The van der Waals surface area contributed by atoms with Crippen LogP contribution in [0.25, 0.3) is 0 Å². The Labute approximate surface area is 205 Å². The van der Waals surface area contributed by atoms with Crippen molar-refractivity contribution in [1.29, 1.82) is 5.26 Å². The van der Waals surface area contributed by atoms with E-state index in [2.05, 4.69) is 9.71 Å². The van der Waals surface area contributed by atoms with Crippen molar-refractivity contribution in [3.8, 4) is 6.07 Å². The Kier molecular flexibility index (Phi) is 7.30. The molecule has 0 bridgehead atoms. The number of hydrogen-bond donors (Lipinski definition) is 1. The normalized spacial score (nSPS) is 11.6. The highest BCUT2D eigenvalue weighted by Crippen LogP contribution is 2.36. The number of aromatic nitrogens is 1. The molecule has 1 heterocycles. The van der Waals surface area contributed by atoms with E-state index in [-0.39, 0.29) is 22.5 Å². The molecule has 0 atom stereocenters. The van der Waals surface area contributed by atoms with Crippen molar-refractivity contribution in [3.63, 3.8) is 0 Å². The third-order valence-electron chi connectivity index (χ3n) is 4.40. The molecule has 0 spiro atoms. The lowest BCUT2D eigenvalue weighted by atomic mass is 10.0. The van der Waals surface area contributed by atoms with Gasteiger partial charge in [-0.15, -0.1) is 0 Å². The van der Waals surface area contributed by atoms with Crippen molar-refractivity contribution < 1.29 is 26.4 Å². The second-order valence-corrected chi connectivity index (χ2v) is 9.46. The number of alkyl halides is 4. The van der Waals surface area contributed by atoms with Gasteiger partial charge in [0.1, 0.15) is 5.69 Å². The molecule has 0 saturated heterocycles. The molecule has 3 rings (SSSR count). The number of benzene rings is 2. The quantitative estimate of drug-likeness (QED) is 0.224. The first-order valence-corrected chi connectivity index (χ1v) is 12.3. The lowest BCUT2D eigenvalue weighted by Gasteiger charge is -2.15. The third kappa shape index (κ3) is 5.45. The van der Waals surface area contributed by atoms with Gasteiger partial charge in [0.05, 0.1) is 32.8 Å². The molecule has 0 amide bonds. The van der Waals surface area contributed by atoms with E-state index in [0.29, 0.717) is 16.1 Å². The fourth-order valence-electron chi connectivity index (χ4n) is 2.84. The summed E-state index contributed by atoms with van der Waals surface area (Å²) in [6, 6.07) is 11.3. The molecule has 170 valence electrons. The fraction of sp³-hybridized carbons (Fsp3) is 0.0952. The molecule has 0 radical (unpaired) electrons. The highest BCUT2D eigenvalue weighted by molar-refractivity contribution is 14.1. The molecule has 0 aliphatic heterocycles. The van der Waals surface area contributed by atoms with Crippen LogP contribution in [0.1, 0.15) is 32.7 Å². The molecular weight excluding hydrogens is 594 g/mol. The SMILES string of the molecule is N#Cc1ccccc1C(=O)c1ncc(CI)cc1NS(=O)(=O)c1ccc(Cl)c(C(F)(F)F)c1. The fourth-order valence-corrected chi connectivity index (χ4v) is 4.56. The predicted molar refractivity (Wildman–Crippen MR) is 124 cm³/mol. The second kappa shape index (κ2) is 9.66. The number of nitrogens with zero attached hydrogens (tertiary/aromatic N) is 2. The number of pyridine rings is 1. The average Bonchev–Trinajstić information content (AvgIpc) is 2.77. The number of nitriles is 1. The number of anilines is 1. The minimum Gasteiger partial charge on any atom is -0.287 e.